The summed E-state index contributed by atoms with van der Waals surface area (Å²) in [6, 6.07) is 8.56. The van der Waals surface area contributed by atoms with E-state index in [9.17, 15) is 0 Å². The predicted molar refractivity (Wildman–Crippen MR) is 107 cm³/mol. The lowest BCUT2D eigenvalue weighted by atomic mass is 10.0. The van der Waals surface area contributed by atoms with Gasteiger partial charge in [0.25, 0.3) is 0 Å². The second kappa shape index (κ2) is 6.93. The van der Waals surface area contributed by atoms with Crippen LogP contribution in [0.2, 0.25) is 5.28 Å². The fourth-order valence-corrected chi connectivity index (χ4v) is 4.97. The van der Waals surface area contributed by atoms with E-state index in [1.54, 1.807) is 11.3 Å². The van der Waals surface area contributed by atoms with Gasteiger partial charge in [0.15, 0.2) is 0 Å². The Morgan fingerprint density at radius 3 is 2.56 bits per heavy atom. The number of nitrogens with one attached hydrogen (secondary N) is 1. The van der Waals surface area contributed by atoms with E-state index in [0.29, 0.717) is 11.2 Å². The molecule has 130 valence electrons. The molecule has 0 atom stereocenters. The maximum absolute atomic E-state index is 6.20. The normalized spacial score (nSPS) is 14.6. The highest BCUT2D eigenvalue weighted by atomic mass is 35.5. The van der Waals surface area contributed by atoms with Gasteiger partial charge in [-0.2, -0.15) is 4.98 Å². The van der Waals surface area contributed by atoms with Crippen molar-refractivity contribution in [1.29, 1.82) is 0 Å². The fourth-order valence-electron chi connectivity index (χ4n) is 3.49. The first-order valence-corrected chi connectivity index (χ1v) is 10.2. The third-order valence-electron chi connectivity index (χ3n) is 4.88. The molecule has 0 saturated heterocycles. The summed E-state index contributed by atoms with van der Waals surface area (Å²) in [5, 5.41) is 4.96. The van der Waals surface area contributed by atoms with E-state index in [1.807, 2.05) is 0 Å². The molecule has 2 aromatic heterocycles. The molecule has 1 aliphatic carbocycles. The molecule has 4 rings (SSSR count). The maximum Gasteiger partial charge on any atom is 0.225 e. The van der Waals surface area contributed by atoms with Crippen molar-refractivity contribution in [1.82, 2.24) is 9.97 Å². The fraction of sp³-hybridized carbons (Fsp3) is 0.400. The van der Waals surface area contributed by atoms with Crippen LogP contribution in [0.3, 0.4) is 0 Å². The molecule has 1 aliphatic rings. The third-order valence-corrected chi connectivity index (χ3v) is 6.23. The van der Waals surface area contributed by atoms with Crippen molar-refractivity contribution in [3.8, 4) is 0 Å². The number of aryl methyl sites for hydroxylation is 2. The van der Waals surface area contributed by atoms with Crippen LogP contribution in [0.4, 0.5) is 11.5 Å². The molecule has 1 N–H and O–H groups in total. The molecule has 0 bridgehead atoms. The van der Waals surface area contributed by atoms with Gasteiger partial charge < -0.3 is 5.32 Å². The van der Waals surface area contributed by atoms with E-state index >= 15 is 0 Å². The number of thiophene rings is 1. The van der Waals surface area contributed by atoms with E-state index in [1.165, 1.54) is 40.7 Å². The van der Waals surface area contributed by atoms with Gasteiger partial charge in [-0.25, -0.2) is 4.98 Å². The highest BCUT2D eigenvalue weighted by Crippen LogP contribution is 2.39. The molecule has 0 spiro atoms. The smallest absolute Gasteiger partial charge is 0.225 e. The molecule has 3 aromatic rings. The lowest BCUT2D eigenvalue weighted by Gasteiger charge is -2.11. The second-order valence-corrected chi connectivity index (χ2v) is 8.41. The number of aromatic nitrogens is 2. The lowest BCUT2D eigenvalue weighted by Crippen LogP contribution is -1.98. The van der Waals surface area contributed by atoms with Crippen molar-refractivity contribution in [3.63, 3.8) is 0 Å². The molecular weight excluding hydrogens is 350 g/mol. The molecule has 0 aliphatic heterocycles. The van der Waals surface area contributed by atoms with Crippen LogP contribution >= 0.6 is 22.9 Å². The number of halogens is 1. The Balaban J connectivity index is 1.76. The summed E-state index contributed by atoms with van der Waals surface area (Å²) in [6.07, 6.45) is 6.07. The van der Waals surface area contributed by atoms with Gasteiger partial charge in [0, 0.05) is 10.6 Å². The predicted octanol–water partition coefficient (Wildman–Crippen LogP) is 6.48. The summed E-state index contributed by atoms with van der Waals surface area (Å²) in [4.78, 5) is 11.5. The molecule has 2 heterocycles. The molecule has 3 nitrogen and oxygen atoms in total. The topological polar surface area (TPSA) is 37.8 Å². The lowest BCUT2D eigenvalue weighted by molar-refractivity contribution is 0.713. The highest BCUT2D eigenvalue weighted by Gasteiger charge is 2.20. The van der Waals surface area contributed by atoms with Gasteiger partial charge in [0.1, 0.15) is 10.6 Å². The Hall–Kier alpha value is -1.65. The molecule has 0 unspecified atom stereocenters. The zero-order valence-electron chi connectivity index (χ0n) is 14.6. The number of hydrogen-bond donors (Lipinski definition) is 1. The minimum Gasteiger partial charge on any atom is -0.340 e. The highest BCUT2D eigenvalue weighted by molar-refractivity contribution is 7.19. The van der Waals surface area contributed by atoms with Crippen molar-refractivity contribution in [2.24, 2.45) is 0 Å². The van der Waals surface area contributed by atoms with Gasteiger partial charge in [-0.1, -0.05) is 32.4 Å². The molecule has 0 radical (unpaired) electrons. The number of anilines is 2. The number of rotatable bonds is 3. The molecule has 25 heavy (non-hydrogen) atoms. The van der Waals surface area contributed by atoms with Crippen molar-refractivity contribution >= 4 is 44.7 Å². The number of nitrogens with zero attached hydrogens (tertiary/aromatic N) is 2. The quantitative estimate of drug-likeness (QED) is 0.423. The Bertz CT molecular complexity index is 899. The Kier molecular flexibility index (Phi) is 4.65. The Labute approximate surface area is 157 Å². The maximum atomic E-state index is 6.20. The minimum atomic E-state index is 0.310. The average molecular weight is 372 g/mol. The van der Waals surface area contributed by atoms with Gasteiger partial charge in [-0.05, 0) is 66.5 Å². The molecule has 0 amide bonds. The first kappa shape index (κ1) is 16.8. The number of benzene rings is 1. The van der Waals surface area contributed by atoms with Crippen LogP contribution in [0.15, 0.2) is 24.3 Å². The van der Waals surface area contributed by atoms with Crippen molar-refractivity contribution in [2.75, 3.05) is 5.32 Å². The van der Waals surface area contributed by atoms with E-state index in [0.717, 1.165) is 29.2 Å². The van der Waals surface area contributed by atoms with Gasteiger partial charge in [0.05, 0.1) is 5.39 Å². The van der Waals surface area contributed by atoms with Gasteiger partial charge in [-0.15, -0.1) is 11.3 Å². The summed E-state index contributed by atoms with van der Waals surface area (Å²) in [6.45, 7) is 4.41. The van der Waals surface area contributed by atoms with Crippen LogP contribution in [0.1, 0.15) is 55.0 Å². The van der Waals surface area contributed by atoms with E-state index in [4.69, 9.17) is 11.6 Å². The van der Waals surface area contributed by atoms with Crippen molar-refractivity contribution in [2.45, 2.75) is 51.9 Å². The van der Waals surface area contributed by atoms with Gasteiger partial charge in [0.2, 0.25) is 5.28 Å². The summed E-state index contributed by atoms with van der Waals surface area (Å²) in [7, 11) is 0. The minimum absolute atomic E-state index is 0.310. The van der Waals surface area contributed by atoms with Gasteiger partial charge in [-0.3, -0.25) is 0 Å². The van der Waals surface area contributed by atoms with E-state index in [2.05, 4.69) is 53.4 Å². The van der Waals surface area contributed by atoms with Crippen LogP contribution in [-0.4, -0.2) is 9.97 Å². The van der Waals surface area contributed by atoms with Crippen molar-refractivity contribution in [3.05, 3.63) is 45.6 Å². The second-order valence-electron chi connectivity index (χ2n) is 6.99. The third kappa shape index (κ3) is 3.38. The summed E-state index contributed by atoms with van der Waals surface area (Å²) in [5.74, 6) is 1.37. The van der Waals surface area contributed by atoms with E-state index in [-0.39, 0.29) is 0 Å². The number of fused-ring (bicyclic) bond motifs is 3. The first-order chi connectivity index (χ1) is 12.1. The Morgan fingerprint density at radius 2 is 1.80 bits per heavy atom. The van der Waals surface area contributed by atoms with Gasteiger partial charge >= 0.3 is 0 Å². The van der Waals surface area contributed by atoms with Crippen LogP contribution in [0.5, 0.6) is 0 Å². The zero-order chi connectivity index (χ0) is 17.4. The van der Waals surface area contributed by atoms with Crippen LogP contribution in [-0.2, 0) is 12.8 Å². The number of hydrogen-bond acceptors (Lipinski definition) is 4. The summed E-state index contributed by atoms with van der Waals surface area (Å²) < 4.78 is 0. The summed E-state index contributed by atoms with van der Waals surface area (Å²) in [5.41, 5.74) is 3.80. The molecular formula is C20H22ClN3S. The monoisotopic (exact) mass is 371 g/mol. The molecule has 5 heteroatoms. The largest absolute Gasteiger partial charge is 0.340 e. The first-order valence-electron chi connectivity index (χ1n) is 8.96. The molecule has 1 aromatic carbocycles. The molecule has 0 fully saturated rings. The molecule has 0 saturated carbocycles. The summed E-state index contributed by atoms with van der Waals surface area (Å²) >= 11 is 7.98. The SMILES string of the molecule is CC(C)c1ccc(Nc2nc(Cl)nc3sc4c(c23)CCCCC4)cc1. The van der Waals surface area contributed by atoms with Crippen molar-refractivity contribution < 1.29 is 0 Å². The average Bonchev–Trinajstić information content (AvgIpc) is 2.77. The van der Waals surface area contributed by atoms with Crippen LogP contribution in [0.25, 0.3) is 10.2 Å². The van der Waals surface area contributed by atoms with E-state index < -0.39 is 0 Å². The Morgan fingerprint density at radius 1 is 1.04 bits per heavy atom. The van der Waals surface area contributed by atoms with Crippen LogP contribution < -0.4 is 5.32 Å². The standard InChI is InChI=1S/C20H22ClN3S/c1-12(2)13-8-10-14(11-9-13)22-18-17-15-6-4-3-5-7-16(15)25-19(17)24-20(21)23-18/h8-12H,3-7H2,1-2H3,(H,22,23,24). The zero-order valence-corrected chi connectivity index (χ0v) is 16.2. The van der Waals surface area contributed by atoms with Crippen LogP contribution in [0, 0.1) is 0 Å².